The number of pyridine rings is 2. The van der Waals surface area contributed by atoms with E-state index in [1.165, 1.54) is 0 Å². The van der Waals surface area contributed by atoms with Crippen LogP contribution in [0.5, 0.6) is 23.1 Å². The predicted molar refractivity (Wildman–Crippen MR) is 119 cm³/mol. The molecule has 4 aromatic rings. The van der Waals surface area contributed by atoms with E-state index in [1.54, 1.807) is 18.5 Å². The number of fused-ring (bicyclic) bond motifs is 4. The molecule has 0 radical (unpaired) electrons. The Morgan fingerprint density at radius 2 is 1.75 bits per heavy atom. The largest absolute Gasteiger partial charge is 0.462 e. The third-order valence-electron chi connectivity index (χ3n) is 5.63. The van der Waals surface area contributed by atoms with Gasteiger partial charge in [-0.3, -0.25) is 4.98 Å². The highest BCUT2D eigenvalue weighted by molar-refractivity contribution is 5.78. The summed E-state index contributed by atoms with van der Waals surface area (Å²) < 4.78 is 17.9. The highest BCUT2D eigenvalue weighted by atomic mass is 16.5. The Morgan fingerprint density at radius 3 is 2.50 bits per heavy atom. The van der Waals surface area contributed by atoms with Gasteiger partial charge in [0.1, 0.15) is 23.9 Å². The monoisotopic (exact) mass is 422 g/mol. The van der Waals surface area contributed by atoms with Crippen LogP contribution < -0.4 is 15.2 Å². The molecule has 1 spiro atoms. The zero-order valence-corrected chi connectivity index (χ0v) is 16.9. The molecule has 2 aromatic carbocycles. The fourth-order valence-electron chi connectivity index (χ4n) is 4.14. The molecule has 0 amide bonds. The molecule has 0 fully saturated rings. The third-order valence-corrected chi connectivity index (χ3v) is 5.63. The maximum Gasteiger partial charge on any atom is 0.283 e. The summed E-state index contributed by atoms with van der Waals surface area (Å²) in [6.45, 7) is 0.270. The molecule has 0 saturated heterocycles. The lowest BCUT2D eigenvalue weighted by atomic mass is 9.80. The Morgan fingerprint density at radius 1 is 0.875 bits per heavy atom. The molecular formula is C25H18N4O3. The summed E-state index contributed by atoms with van der Waals surface area (Å²) in [5, 5.41) is 0. The Kier molecular flexibility index (Phi) is 4.07. The molecule has 0 bridgehead atoms. The van der Waals surface area contributed by atoms with Crippen molar-refractivity contribution in [1.82, 2.24) is 9.97 Å². The predicted octanol–water partition coefficient (Wildman–Crippen LogP) is 4.63. The van der Waals surface area contributed by atoms with Crippen molar-refractivity contribution >= 4 is 6.02 Å². The van der Waals surface area contributed by atoms with Crippen LogP contribution in [0.15, 0.2) is 90.3 Å². The molecule has 2 N–H and O–H groups in total. The maximum atomic E-state index is 6.24. The summed E-state index contributed by atoms with van der Waals surface area (Å²) in [6, 6.07) is 21.2. The summed E-state index contributed by atoms with van der Waals surface area (Å²) in [4.78, 5) is 13.2. The molecule has 4 heterocycles. The molecular weight excluding hydrogens is 404 g/mol. The number of hydrogen-bond acceptors (Lipinski definition) is 7. The Labute approximate surface area is 184 Å². The van der Waals surface area contributed by atoms with Gasteiger partial charge in [-0.15, -0.1) is 0 Å². The Balaban J connectivity index is 1.49. The smallest absolute Gasteiger partial charge is 0.283 e. The van der Waals surface area contributed by atoms with Crippen molar-refractivity contribution in [3.8, 4) is 34.3 Å². The van der Waals surface area contributed by atoms with E-state index in [0.29, 0.717) is 23.1 Å². The van der Waals surface area contributed by atoms with Gasteiger partial charge in [-0.25, -0.2) is 9.98 Å². The van der Waals surface area contributed by atoms with Gasteiger partial charge in [0, 0.05) is 41.3 Å². The molecule has 1 atom stereocenters. The molecule has 6 rings (SSSR count). The molecule has 32 heavy (non-hydrogen) atoms. The molecule has 2 aromatic heterocycles. The molecule has 0 aliphatic carbocycles. The molecule has 7 nitrogen and oxygen atoms in total. The summed E-state index contributed by atoms with van der Waals surface area (Å²) in [7, 11) is 0. The number of rotatable bonds is 3. The number of hydrogen-bond donors (Lipinski definition) is 1. The quantitative estimate of drug-likeness (QED) is 0.518. The van der Waals surface area contributed by atoms with E-state index in [1.807, 2.05) is 60.8 Å². The maximum absolute atomic E-state index is 6.24. The SMILES string of the molecule is NC1=N[C@]2(CO1)c1cc(Oc3ccccn3)ccc1Oc1ccc(-c3cccnc3)cc12. The minimum Gasteiger partial charge on any atom is -0.462 e. The summed E-state index contributed by atoms with van der Waals surface area (Å²) >= 11 is 0. The average Bonchev–Trinajstić information content (AvgIpc) is 3.23. The minimum absolute atomic E-state index is 0.145. The number of nitrogens with zero attached hydrogens (tertiary/aromatic N) is 3. The van der Waals surface area contributed by atoms with E-state index in [4.69, 9.17) is 24.9 Å². The van der Waals surface area contributed by atoms with E-state index in [2.05, 4.69) is 16.0 Å². The van der Waals surface area contributed by atoms with Crippen molar-refractivity contribution in [2.75, 3.05) is 6.61 Å². The van der Waals surface area contributed by atoms with Crippen LogP contribution in [-0.4, -0.2) is 22.6 Å². The number of amidine groups is 1. The van der Waals surface area contributed by atoms with Gasteiger partial charge in [0.2, 0.25) is 5.88 Å². The average molecular weight is 422 g/mol. The van der Waals surface area contributed by atoms with E-state index < -0.39 is 5.54 Å². The normalized spacial score (nSPS) is 18.2. The van der Waals surface area contributed by atoms with Crippen LogP contribution >= 0.6 is 0 Å². The number of nitrogens with two attached hydrogens (primary N) is 1. The van der Waals surface area contributed by atoms with E-state index in [-0.39, 0.29) is 12.6 Å². The summed E-state index contributed by atoms with van der Waals surface area (Å²) in [5.41, 5.74) is 8.86. The first-order valence-corrected chi connectivity index (χ1v) is 10.2. The van der Waals surface area contributed by atoms with Gasteiger partial charge in [-0.05, 0) is 48.0 Å². The Hall–Kier alpha value is -4.39. The van der Waals surface area contributed by atoms with Crippen LogP contribution in [0.3, 0.4) is 0 Å². The first-order chi connectivity index (χ1) is 15.7. The summed E-state index contributed by atoms with van der Waals surface area (Å²) in [6.07, 6.45) is 5.26. The Bertz CT molecular complexity index is 1340. The van der Waals surface area contributed by atoms with Gasteiger partial charge in [-0.2, -0.15) is 0 Å². The lowest BCUT2D eigenvalue weighted by Crippen LogP contribution is -2.31. The molecule has 7 heteroatoms. The van der Waals surface area contributed by atoms with Crippen LogP contribution in [0.1, 0.15) is 11.1 Å². The fraction of sp³-hybridized carbons (Fsp3) is 0.0800. The van der Waals surface area contributed by atoms with Crippen molar-refractivity contribution in [3.05, 3.63) is 96.4 Å². The van der Waals surface area contributed by atoms with Crippen LogP contribution in [-0.2, 0) is 10.3 Å². The number of aromatic nitrogens is 2. The van der Waals surface area contributed by atoms with Crippen LogP contribution in [0.25, 0.3) is 11.1 Å². The van der Waals surface area contributed by atoms with Crippen LogP contribution in [0, 0.1) is 0 Å². The van der Waals surface area contributed by atoms with Gasteiger partial charge < -0.3 is 19.9 Å². The molecule has 2 aliphatic rings. The van der Waals surface area contributed by atoms with E-state index in [0.717, 1.165) is 22.3 Å². The molecule has 0 unspecified atom stereocenters. The van der Waals surface area contributed by atoms with Gasteiger partial charge >= 0.3 is 0 Å². The second-order valence-electron chi connectivity index (χ2n) is 7.58. The van der Waals surface area contributed by atoms with Gasteiger partial charge in [0.15, 0.2) is 5.54 Å². The van der Waals surface area contributed by atoms with Crippen molar-refractivity contribution in [2.24, 2.45) is 10.7 Å². The molecule has 0 saturated carbocycles. The second-order valence-corrected chi connectivity index (χ2v) is 7.58. The third kappa shape index (κ3) is 2.94. The number of benzene rings is 2. The van der Waals surface area contributed by atoms with Gasteiger partial charge in [0.25, 0.3) is 6.02 Å². The summed E-state index contributed by atoms with van der Waals surface area (Å²) in [5.74, 6) is 2.52. The fourth-order valence-corrected chi connectivity index (χ4v) is 4.14. The lowest BCUT2D eigenvalue weighted by molar-refractivity contribution is 0.264. The number of ether oxygens (including phenoxy) is 3. The first kappa shape index (κ1) is 18.4. The number of aliphatic imine (C=N–C) groups is 1. The van der Waals surface area contributed by atoms with Crippen LogP contribution in [0.4, 0.5) is 0 Å². The van der Waals surface area contributed by atoms with Gasteiger partial charge in [-0.1, -0.05) is 18.2 Å². The van der Waals surface area contributed by atoms with Crippen molar-refractivity contribution in [3.63, 3.8) is 0 Å². The van der Waals surface area contributed by atoms with E-state index >= 15 is 0 Å². The van der Waals surface area contributed by atoms with E-state index in [9.17, 15) is 0 Å². The van der Waals surface area contributed by atoms with Gasteiger partial charge in [0.05, 0.1) is 0 Å². The van der Waals surface area contributed by atoms with Crippen molar-refractivity contribution in [2.45, 2.75) is 5.54 Å². The van der Waals surface area contributed by atoms with Crippen LogP contribution in [0.2, 0.25) is 0 Å². The van der Waals surface area contributed by atoms with Crippen molar-refractivity contribution < 1.29 is 14.2 Å². The zero-order chi connectivity index (χ0) is 21.5. The molecule has 2 aliphatic heterocycles. The first-order valence-electron chi connectivity index (χ1n) is 10.2. The highest BCUT2D eigenvalue weighted by Gasteiger charge is 2.47. The highest BCUT2D eigenvalue weighted by Crippen LogP contribution is 2.52. The topological polar surface area (TPSA) is 91.9 Å². The minimum atomic E-state index is -0.839. The lowest BCUT2D eigenvalue weighted by Gasteiger charge is -2.34. The molecule has 156 valence electrons. The zero-order valence-electron chi connectivity index (χ0n) is 16.9. The van der Waals surface area contributed by atoms with Crippen molar-refractivity contribution in [1.29, 1.82) is 0 Å². The standard InChI is InChI=1S/C25H18N4O3/c26-24-29-25(15-30-24)19-12-16(17-4-3-10-27-14-17)6-8-21(19)32-22-9-7-18(13-20(22)25)31-23-5-1-2-11-28-23/h1-14H,15H2,(H2,26,29)/t25-/m0/s1. The second kappa shape index (κ2) is 7.09.